The van der Waals surface area contributed by atoms with Gasteiger partial charge in [0, 0.05) is 68.9 Å². The molecule has 66 heavy (non-hydrogen) atoms. The number of fused-ring (bicyclic) bond motifs is 14. The Bertz CT molecular complexity index is 2230. The third kappa shape index (κ3) is 9.92. The minimum Gasteiger partial charge on any atom is -0.462 e. The molecule has 2 aliphatic carbocycles. The Kier molecular flexibility index (Phi) is 15.5. The van der Waals surface area contributed by atoms with Crippen molar-refractivity contribution in [1.29, 1.82) is 0 Å². The molecule has 4 aliphatic heterocycles. The number of allylic oxidation sites excluding steroid dienone is 4. The number of ether oxygens (including phenoxy) is 6. The van der Waals surface area contributed by atoms with Crippen LogP contribution in [-0.4, -0.2) is 113 Å². The van der Waals surface area contributed by atoms with Gasteiger partial charge in [0.25, 0.3) is 11.7 Å². The molecule has 6 aliphatic rings. The molecule has 7 rings (SSSR count). The molecule has 16 heteroatoms. The fourth-order valence-corrected chi connectivity index (χ4v) is 9.97. The number of methoxy groups -OCH3 is 1. The molecule has 5 bridgehead atoms. The van der Waals surface area contributed by atoms with Crippen LogP contribution in [0.5, 0.6) is 11.5 Å². The van der Waals surface area contributed by atoms with Crippen molar-refractivity contribution >= 4 is 35.2 Å². The molecule has 0 radical (unpaired) electrons. The molecule has 4 heterocycles. The molecule has 11 atom stereocenters. The van der Waals surface area contributed by atoms with Crippen LogP contribution < -0.4 is 14.8 Å². The average molecular weight is 919 g/mol. The van der Waals surface area contributed by atoms with Gasteiger partial charge in [0.05, 0.1) is 59.4 Å². The Morgan fingerprint density at radius 3 is 2.12 bits per heavy atom. The second-order valence-corrected chi connectivity index (χ2v) is 18.9. The van der Waals surface area contributed by atoms with Crippen LogP contribution >= 0.6 is 0 Å². The first-order valence-electron chi connectivity index (χ1n) is 23.1. The summed E-state index contributed by atoms with van der Waals surface area (Å²) in [6.07, 6.45) is 6.37. The monoisotopic (exact) mass is 918 g/mol. The number of morpholine rings is 1. The van der Waals surface area contributed by atoms with Gasteiger partial charge in [-0.25, -0.2) is 0 Å². The smallest absolute Gasteiger partial charge is 0.314 e. The molecule has 0 spiro atoms. The van der Waals surface area contributed by atoms with Gasteiger partial charge < -0.3 is 48.9 Å². The van der Waals surface area contributed by atoms with E-state index in [1.165, 1.54) is 53.2 Å². The number of hydrogen-bond acceptors (Lipinski definition) is 15. The number of esters is 2. The highest BCUT2D eigenvalue weighted by atomic mass is 16.7. The fourth-order valence-electron chi connectivity index (χ4n) is 9.97. The number of aliphatic hydroxyl groups is 2. The van der Waals surface area contributed by atoms with E-state index in [4.69, 9.17) is 28.4 Å². The molecule has 1 saturated heterocycles. The Morgan fingerprint density at radius 2 is 1.50 bits per heavy atom. The predicted octanol–water partition coefficient (Wildman–Crippen LogP) is 5.85. The number of rotatable bonds is 5. The number of nitrogens with zero attached hydrogens (tertiary/aromatic N) is 1. The van der Waals surface area contributed by atoms with Crippen molar-refractivity contribution in [2.24, 2.45) is 29.6 Å². The quantitative estimate of drug-likeness (QED) is 0.234. The lowest BCUT2D eigenvalue weighted by Gasteiger charge is -2.39. The van der Waals surface area contributed by atoms with Gasteiger partial charge in [0.1, 0.15) is 29.0 Å². The Labute approximate surface area is 386 Å². The van der Waals surface area contributed by atoms with Crippen LogP contribution in [0.25, 0.3) is 0 Å². The Balaban J connectivity index is 1.56. The van der Waals surface area contributed by atoms with Gasteiger partial charge in [-0.1, -0.05) is 65.2 Å². The molecule has 0 unspecified atom stereocenters. The molecule has 1 amide bonds. The molecular weight excluding hydrogens is 853 g/mol. The molecule has 1 aromatic rings. The van der Waals surface area contributed by atoms with Crippen molar-refractivity contribution in [3.8, 4) is 11.5 Å². The normalized spacial score (nSPS) is 34.4. The highest BCUT2D eigenvalue weighted by Gasteiger charge is 2.54. The zero-order valence-corrected chi connectivity index (χ0v) is 39.9. The van der Waals surface area contributed by atoms with E-state index in [1.807, 2.05) is 13.8 Å². The lowest BCUT2D eigenvalue weighted by molar-refractivity contribution is -0.160. The van der Waals surface area contributed by atoms with Gasteiger partial charge in [-0.3, -0.25) is 28.8 Å². The summed E-state index contributed by atoms with van der Waals surface area (Å²) in [5.41, 5.74) is -1.26. The summed E-state index contributed by atoms with van der Waals surface area (Å²) < 4.78 is 36.2. The van der Waals surface area contributed by atoms with Crippen LogP contribution in [0.15, 0.2) is 47.5 Å². The van der Waals surface area contributed by atoms with E-state index < -0.39 is 107 Å². The summed E-state index contributed by atoms with van der Waals surface area (Å²) in [7, 11) is 1.43. The number of benzene rings is 1. The topological polar surface area (TPSA) is 214 Å². The number of carbonyl (C=O) groups is 6. The number of Topliss-reactive ketones (excluding diaryl/α,β-unsaturated/α-hetero) is 3. The Morgan fingerprint density at radius 1 is 0.848 bits per heavy atom. The van der Waals surface area contributed by atoms with E-state index in [-0.39, 0.29) is 63.8 Å². The largest absolute Gasteiger partial charge is 0.462 e. The van der Waals surface area contributed by atoms with Gasteiger partial charge >= 0.3 is 17.7 Å². The van der Waals surface area contributed by atoms with Crippen LogP contribution in [0.4, 0.5) is 0 Å². The first-order chi connectivity index (χ1) is 31.1. The van der Waals surface area contributed by atoms with Crippen LogP contribution in [0.2, 0.25) is 0 Å². The minimum absolute atomic E-state index is 0.0962. The summed E-state index contributed by atoms with van der Waals surface area (Å²) in [5, 5.41) is 25.8. The van der Waals surface area contributed by atoms with Crippen LogP contribution in [0.3, 0.4) is 0 Å². The molecule has 2 fully saturated rings. The number of ketones is 3. The standard InChI is InChI=1S/C50H66N2O14/c1-24-16-15-17-25(2)48(59)51-38-39(52-22-26(3)63-27(4)23-52)43(57)35-36(42(38)56)45(65-49(60)33-18-13-12-14-19-33)31(8)46-37(35)47(58)50(10,66-46)62-21-20-34(61-11)28(5)44(64-32(9)53)30(7)41(55)29(6)40(24)54/h15-17,20-21,24,26-30,33-34,40-41,44,54-55H,12-14,18-19,22-23H2,1-11H3,(H,51,59)/b16-15+,21-20+,25-17-/t24-,26+,27+,28+,29+,30-,34-,40-,41-,44+,50-/m0/s1. The van der Waals surface area contributed by atoms with Crippen molar-refractivity contribution in [3.05, 3.63) is 69.8 Å². The van der Waals surface area contributed by atoms with Crippen molar-refractivity contribution in [2.45, 2.75) is 144 Å². The molecule has 1 saturated carbocycles. The number of carbonyl (C=O) groups excluding carboxylic acids is 6. The third-order valence-electron chi connectivity index (χ3n) is 13.8. The van der Waals surface area contributed by atoms with Gasteiger partial charge in [0.2, 0.25) is 11.6 Å². The maximum absolute atomic E-state index is 15.4. The number of amides is 1. The number of nitrogens with one attached hydrogen (secondary N) is 1. The van der Waals surface area contributed by atoms with Crippen molar-refractivity contribution < 1.29 is 67.4 Å². The average Bonchev–Trinajstić information content (AvgIpc) is 3.54. The zero-order chi connectivity index (χ0) is 48.5. The van der Waals surface area contributed by atoms with Crippen molar-refractivity contribution in [2.75, 3.05) is 20.2 Å². The molecule has 1 aromatic carbocycles. The SMILES string of the molecule is CO[C@H]1/C=C/O[C@@]2(C)Oc3c(C)c(OC(=O)C4CCCCC4)c4c(c3C2=O)C(=O)C(N2C[C@@H](C)O[C@H](C)C2)=C(NC(=O)/C(C)=C\C=C\[C@H](C)[C@H](O)[C@@H](C)[C@H](O)[C@H](C)[C@H](OC(C)=O)[C@@H]1C)C4=O. The lowest BCUT2D eigenvalue weighted by Crippen LogP contribution is -2.49. The van der Waals surface area contributed by atoms with Gasteiger partial charge in [-0.05, 0) is 46.6 Å². The zero-order valence-electron chi connectivity index (χ0n) is 39.9. The van der Waals surface area contributed by atoms with Gasteiger partial charge in [-0.2, -0.15) is 0 Å². The second-order valence-electron chi connectivity index (χ2n) is 18.9. The summed E-state index contributed by atoms with van der Waals surface area (Å²) in [5.74, 6) is -9.92. The van der Waals surface area contributed by atoms with E-state index in [0.717, 1.165) is 19.3 Å². The maximum atomic E-state index is 15.4. The number of hydrogen-bond donors (Lipinski definition) is 3. The highest BCUT2D eigenvalue weighted by molar-refractivity contribution is 6.32. The molecule has 0 aromatic heterocycles. The first-order valence-corrected chi connectivity index (χ1v) is 23.1. The van der Waals surface area contributed by atoms with E-state index in [9.17, 15) is 29.4 Å². The van der Waals surface area contributed by atoms with Crippen LogP contribution in [0, 0.1) is 36.5 Å². The van der Waals surface area contributed by atoms with E-state index >= 15 is 9.59 Å². The van der Waals surface area contributed by atoms with Crippen molar-refractivity contribution in [1.82, 2.24) is 10.2 Å². The predicted molar refractivity (Wildman–Crippen MR) is 240 cm³/mol. The summed E-state index contributed by atoms with van der Waals surface area (Å²) >= 11 is 0. The second kappa shape index (κ2) is 20.4. The lowest BCUT2D eigenvalue weighted by atomic mass is 9.78. The third-order valence-corrected chi connectivity index (χ3v) is 13.8. The number of aliphatic hydroxyl groups excluding tert-OH is 2. The van der Waals surface area contributed by atoms with Gasteiger partial charge in [-0.15, -0.1) is 0 Å². The molecule has 16 nitrogen and oxygen atoms in total. The molecule has 360 valence electrons. The van der Waals surface area contributed by atoms with Crippen LogP contribution in [0.1, 0.15) is 131 Å². The summed E-state index contributed by atoms with van der Waals surface area (Å²) in [6.45, 7) is 16.5. The van der Waals surface area contributed by atoms with E-state index in [0.29, 0.717) is 12.8 Å². The first kappa shape index (κ1) is 50.3. The summed E-state index contributed by atoms with van der Waals surface area (Å²) in [4.78, 5) is 87.8. The fraction of sp³-hybridized carbons (Fsp3) is 0.600. The highest BCUT2D eigenvalue weighted by Crippen LogP contribution is 2.50. The Hall–Kier alpha value is -5.16. The molecular formula is C50H66N2O14. The van der Waals surface area contributed by atoms with Gasteiger partial charge in [0.15, 0.2) is 0 Å². The minimum atomic E-state index is -2.13. The molecule has 3 N–H and O–H groups in total. The summed E-state index contributed by atoms with van der Waals surface area (Å²) in [6, 6.07) is 0. The van der Waals surface area contributed by atoms with Crippen molar-refractivity contribution in [3.63, 3.8) is 0 Å². The maximum Gasteiger partial charge on any atom is 0.314 e. The van der Waals surface area contributed by atoms with E-state index in [2.05, 4.69) is 5.32 Å². The van der Waals surface area contributed by atoms with Crippen LogP contribution in [-0.2, 0) is 33.3 Å². The van der Waals surface area contributed by atoms with E-state index in [1.54, 1.807) is 44.7 Å².